The van der Waals surface area contributed by atoms with Gasteiger partial charge in [-0.05, 0) is 55.2 Å². The van der Waals surface area contributed by atoms with Crippen LogP contribution in [-0.2, 0) is 0 Å². The van der Waals surface area contributed by atoms with Crippen LogP contribution in [0.1, 0.15) is 41.5 Å². The van der Waals surface area contributed by atoms with E-state index in [1.165, 1.54) is 13.1 Å². The summed E-state index contributed by atoms with van der Waals surface area (Å²) >= 11 is 0. The van der Waals surface area contributed by atoms with Crippen molar-refractivity contribution in [3.05, 3.63) is 58.0 Å². The lowest BCUT2D eigenvalue weighted by molar-refractivity contribution is 0.00541. The molecule has 11 heteroatoms. The van der Waals surface area contributed by atoms with Crippen LogP contribution in [0.3, 0.4) is 0 Å². The van der Waals surface area contributed by atoms with Crippen LogP contribution in [0.15, 0.2) is 29.2 Å². The first kappa shape index (κ1) is 23.9. The molecule has 1 amide bonds. The Labute approximate surface area is 212 Å². The minimum atomic E-state index is -0.626. The highest BCUT2D eigenvalue weighted by Gasteiger charge is 2.47. The summed E-state index contributed by atoms with van der Waals surface area (Å²) < 4.78 is 28.1. The SMILES string of the molecule is CNC(=O)c1ccc(N2CCN(C[C@H]3CC(c4nc5ncc(F)cc5c(=O)[nH]4)C4CC3C4)CC2)c(F)n1. The number of H-pyrrole nitrogens is 1. The minimum absolute atomic E-state index is 0.0678. The molecule has 3 saturated carbocycles. The normalized spacial score (nSPS) is 25.6. The number of hydrogen-bond acceptors (Lipinski definition) is 7. The number of nitrogens with zero attached hydrogens (tertiary/aromatic N) is 5. The second-order valence-corrected chi connectivity index (χ2v) is 10.4. The van der Waals surface area contributed by atoms with E-state index in [-0.39, 0.29) is 22.6 Å². The highest BCUT2D eigenvalue weighted by Crippen LogP contribution is 2.55. The summed E-state index contributed by atoms with van der Waals surface area (Å²) in [5, 5.41) is 2.63. The number of aromatic amines is 1. The largest absolute Gasteiger partial charge is 0.365 e. The Bertz CT molecular complexity index is 1400. The van der Waals surface area contributed by atoms with Gasteiger partial charge < -0.3 is 15.2 Å². The van der Waals surface area contributed by atoms with Gasteiger partial charge in [-0.3, -0.25) is 14.5 Å². The number of carbonyl (C=O) groups is 1. The highest BCUT2D eigenvalue weighted by molar-refractivity contribution is 5.92. The number of nitrogens with one attached hydrogen (secondary N) is 2. The van der Waals surface area contributed by atoms with Crippen molar-refractivity contribution in [2.24, 2.45) is 17.8 Å². The number of hydrogen-bond donors (Lipinski definition) is 2. The lowest BCUT2D eigenvalue weighted by Gasteiger charge is -2.52. The van der Waals surface area contributed by atoms with E-state index in [9.17, 15) is 18.4 Å². The molecule has 0 radical (unpaired) electrons. The molecule has 4 fully saturated rings. The molecule has 4 heterocycles. The van der Waals surface area contributed by atoms with Crippen LogP contribution in [0.5, 0.6) is 0 Å². The zero-order valence-corrected chi connectivity index (χ0v) is 20.6. The van der Waals surface area contributed by atoms with Crippen LogP contribution in [-0.4, -0.2) is 70.5 Å². The summed E-state index contributed by atoms with van der Waals surface area (Å²) in [6, 6.07) is 4.36. The summed E-state index contributed by atoms with van der Waals surface area (Å²) in [4.78, 5) is 44.1. The summed E-state index contributed by atoms with van der Waals surface area (Å²) in [6.07, 6.45) is 4.30. The van der Waals surface area contributed by atoms with Gasteiger partial charge in [0.1, 0.15) is 17.3 Å². The van der Waals surface area contributed by atoms with Gasteiger partial charge in [0.2, 0.25) is 5.95 Å². The summed E-state index contributed by atoms with van der Waals surface area (Å²) in [7, 11) is 1.49. The zero-order valence-electron chi connectivity index (χ0n) is 20.6. The topological polar surface area (TPSA) is 107 Å². The molecule has 2 bridgehead atoms. The Balaban J connectivity index is 1.10. The number of fused-ring (bicyclic) bond motifs is 3. The Morgan fingerprint density at radius 1 is 1.11 bits per heavy atom. The number of piperazine rings is 1. The Kier molecular flexibility index (Phi) is 6.10. The van der Waals surface area contributed by atoms with Gasteiger partial charge in [0.05, 0.1) is 17.3 Å². The van der Waals surface area contributed by atoms with Crippen LogP contribution < -0.4 is 15.8 Å². The van der Waals surface area contributed by atoms with Crippen molar-refractivity contribution in [1.29, 1.82) is 0 Å². The number of carbonyl (C=O) groups excluding carboxylic acids is 1. The highest BCUT2D eigenvalue weighted by atomic mass is 19.1. The van der Waals surface area contributed by atoms with Gasteiger partial charge in [0.15, 0.2) is 5.65 Å². The molecule has 1 unspecified atom stereocenters. The monoisotopic (exact) mass is 509 g/mol. The van der Waals surface area contributed by atoms with Crippen molar-refractivity contribution < 1.29 is 13.6 Å². The molecular formula is C26H29F2N7O2. The third-order valence-electron chi connectivity index (χ3n) is 8.39. The van der Waals surface area contributed by atoms with E-state index in [0.29, 0.717) is 48.0 Å². The molecule has 37 heavy (non-hydrogen) atoms. The maximum absolute atomic E-state index is 14.6. The van der Waals surface area contributed by atoms with Gasteiger partial charge in [-0.15, -0.1) is 0 Å². The van der Waals surface area contributed by atoms with Crippen LogP contribution in [0.25, 0.3) is 11.0 Å². The molecule has 3 aromatic rings. The molecule has 3 aromatic heterocycles. The fraction of sp³-hybridized carbons (Fsp3) is 0.500. The molecule has 1 saturated heterocycles. The van der Waals surface area contributed by atoms with Gasteiger partial charge >= 0.3 is 0 Å². The molecule has 0 aromatic carbocycles. The number of aromatic nitrogens is 4. The van der Waals surface area contributed by atoms with E-state index in [0.717, 1.165) is 45.1 Å². The second-order valence-electron chi connectivity index (χ2n) is 10.4. The number of amides is 1. The number of pyridine rings is 2. The first-order valence-electron chi connectivity index (χ1n) is 12.8. The average molecular weight is 510 g/mol. The summed E-state index contributed by atoms with van der Waals surface area (Å²) in [6.45, 7) is 3.95. The Hall–Kier alpha value is -3.47. The summed E-state index contributed by atoms with van der Waals surface area (Å²) in [5.41, 5.74) is 0.440. The zero-order chi connectivity index (χ0) is 25.7. The van der Waals surface area contributed by atoms with Crippen LogP contribution in [0, 0.1) is 29.5 Å². The van der Waals surface area contributed by atoms with Crippen LogP contribution >= 0.6 is 0 Å². The molecule has 2 atom stereocenters. The first-order chi connectivity index (χ1) is 17.9. The number of rotatable bonds is 5. The standard InChI is InChI=1S/C26H29F2N7O2/c1-29-26(37)20-2-3-21(22(28)31-20)35-6-4-34(5-7-35)13-16-10-18(15-8-14(16)9-15)24-32-23-19(25(36)33-24)11-17(27)12-30-23/h2-3,11-12,14-16,18H,4-10,13H2,1H3,(H,29,37)(H,30,32,33,36)/t14?,15?,16-,18?/m1/s1. The van der Waals surface area contributed by atoms with Gasteiger partial charge in [0.25, 0.3) is 11.5 Å². The minimum Gasteiger partial charge on any atom is -0.365 e. The van der Waals surface area contributed by atoms with Gasteiger partial charge in [-0.1, -0.05) is 0 Å². The Morgan fingerprint density at radius 3 is 2.62 bits per heavy atom. The molecule has 2 N–H and O–H groups in total. The molecule has 1 aliphatic heterocycles. The van der Waals surface area contributed by atoms with E-state index >= 15 is 0 Å². The third-order valence-corrected chi connectivity index (χ3v) is 8.39. The fourth-order valence-electron chi connectivity index (χ4n) is 6.30. The van der Waals surface area contributed by atoms with Crippen molar-refractivity contribution in [3.63, 3.8) is 0 Å². The van der Waals surface area contributed by atoms with Gasteiger partial charge in [0, 0.05) is 45.7 Å². The predicted molar refractivity (Wildman–Crippen MR) is 133 cm³/mol. The quantitative estimate of drug-likeness (QED) is 0.509. The van der Waals surface area contributed by atoms with E-state index in [1.807, 2.05) is 4.90 Å². The van der Waals surface area contributed by atoms with Crippen LogP contribution in [0.4, 0.5) is 14.5 Å². The second kappa shape index (κ2) is 9.44. The summed E-state index contributed by atoms with van der Waals surface area (Å²) in [5.74, 6) is 0.926. The number of halogens is 2. The van der Waals surface area contributed by atoms with Gasteiger partial charge in [-0.2, -0.15) is 4.39 Å². The first-order valence-corrected chi connectivity index (χ1v) is 12.8. The molecular weight excluding hydrogens is 480 g/mol. The molecule has 7 rings (SSSR count). The van der Waals surface area contributed by atoms with Crippen molar-refractivity contribution in [3.8, 4) is 0 Å². The lowest BCUT2D eigenvalue weighted by Crippen LogP contribution is -2.51. The fourth-order valence-corrected chi connectivity index (χ4v) is 6.30. The lowest BCUT2D eigenvalue weighted by atomic mass is 9.55. The third kappa shape index (κ3) is 4.45. The van der Waals surface area contributed by atoms with E-state index in [1.54, 1.807) is 12.1 Å². The smallest absolute Gasteiger partial charge is 0.269 e. The maximum Gasteiger partial charge on any atom is 0.269 e. The van der Waals surface area contributed by atoms with Gasteiger partial charge in [-0.25, -0.2) is 19.3 Å². The maximum atomic E-state index is 14.6. The van der Waals surface area contributed by atoms with Crippen LogP contribution in [0.2, 0.25) is 0 Å². The van der Waals surface area contributed by atoms with E-state index < -0.39 is 17.7 Å². The molecule has 4 aliphatic rings. The van der Waals surface area contributed by atoms with Crippen molar-refractivity contribution in [1.82, 2.24) is 30.2 Å². The van der Waals surface area contributed by atoms with Crippen molar-refractivity contribution in [2.45, 2.75) is 25.2 Å². The Morgan fingerprint density at radius 2 is 1.89 bits per heavy atom. The van der Waals surface area contributed by atoms with E-state index in [4.69, 9.17) is 0 Å². The van der Waals surface area contributed by atoms with Crippen molar-refractivity contribution in [2.75, 3.05) is 44.7 Å². The molecule has 0 spiro atoms. The molecule has 3 aliphatic carbocycles. The molecule has 9 nitrogen and oxygen atoms in total. The average Bonchev–Trinajstić information content (AvgIpc) is 2.88. The number of anilines is 1. The predicted octanol–water partition coefficient (Wildman–Crippen LogP) is 2.30. The molecule has 194 valence electrons. The van der Waals surface area contributed by atoms with E-state index in [2.05, 4.69) is 30.2 Å². The van der Waals surface area contributed by atoms with Crippen molar-refractivity contribution >= 4 is 22.6 Å².